The Morgan fingerprint density at radius 1 is 1.47 bits per heavy atom. The minimum absolute atomic E-state index is 0.0761. The van der Waals surface area contributed by atoms with E-state index in [9.17, 15) is 8.42 Å². The summed E-state index contributed by atoms with van der Waals surface area (Å²) in [5.41, 5.74) is 0.803. The van der Waals surface area contributed by atoms with Crippen LogP contribution in [0.1, 0.15) is 31.9 Å². The Balaban J connectivity index is 2.63. The average Bonchev–Trinajstić information content (AvgIpc) is 2.26. The first-order valence-electron chi connectivity index (χ1n) is 5.74. The van der Waals surface area contributed by atoms with Crippen LogP contribution in [0.5, 0.6) is 0 Å². The summed E-state index contributed by atoms with van der Waals surface area (Å²) < 4.78 is 24.5. The maximum atomic E-state index is 12.3. The molecule has 0 fully saturated rings. The second-order valence-corrected chi connectivity index (χ2v) is 7.07. The van der Waals surface area contributed by atoms with Gasteiger partial charge in [-0.05, 0) is 31.5 Å². The van der Waals surface area contributed by atoms with Gasteiger partial charge in [-0.2, -0.15) is 0 Å². The van der Waals surface area contributed by atoms with Crippen molar-refractivity contribution in [1.29, 1.82) is 0 Å². The average molecular weight is 274 g/mol. The number of nitrogens with one attached hydrogen (secondary N) is 1. The van der Waals surface area contributed by atoms with Gasteiger partial charge in [-0.15, -0.1) is 0 Å². The zero-order valence-electron chi connectivity index (χ0n) is 9.90. The SMILES string of the molecule is CCNC1CC(C)S(=O)(=O)c2c(Cl)cccc21. The van der Waals surface area contributed by atoms with E-state index in [-0.39, 0.29) is 11.3 Å². The molecule has 0 spiro atoms. The molecule has 1 aliphatic heterocycles. The van der Waals surface area contributed by atoms with E-state index in [1.165, 1.54) is 0 Å². The summed E-state index contributed by atoms with van der Waals surface area (Å²) >= 11 is 6.05. The molecule has 0 amide bonds. The highest BCUT2D eigenvalue weighted by Gasteiger charge is 2.37. The quantitative estimate of drug-likeness (QED) is 0.901. The molecule has 94 valence electrons. The molecule has 1 aliphatic rings. The number of halogens is 1. The molecule has 2 unspecified atom stereocenters. The highest BCUT2D eigenvalue weighted by Crippen LogP contribution is 2.39. The summed E-state index contributed by atoms with van der Waals surface area (Å²) in [5, 5.41) is 3.25. The molecule has 1 aromatic carbocycles. The van der Waals surface area contributed by atoms with Gasteiger partial charge in [0.2, 0.25) is 0 Å². The Hall–Kier alpha value is -0.580. The molecule has 0 radical (unpaired) electrons. The van der Waals surface area contributed by atoms with E-state index in [2.05, 4.69) is 5.32 Å². The topological polar surface area (TPSA) is 46.2 Å². The van der Waals surface area contributed by atoms with Gasteiger partial charge in [-0.1, -0.05) is 30.7 Å². The van der Waals surface area contributed by atoms with E-state index in [0.29, 0.717) is 16.3 Å². The number of benzene rings is 1. The molecule has 0 aliphatic carbocycles. The van der Waals surface area contributed by atoms with E-state index in [4.69, 9.17) is 11.6 Å². The first-order valence-corrected chi connectivity index (χ1v) is 7.66. The first kappa shape index (κ1) is 12.9. The van der Waals surface area contributed by atoms with Gasteiger partial charge in [0.25, 0.3) is 0 Å². The minimum Gasteiger partial charge on any atom is -0.310 e. The fourth-order valence-electron chi connectivity index (χ4n) is 2.33. The standard InChI is InChI=1S/C12H16ClNO2S/c1-3-14-11-7-8(2)17(15,16)12-9(11)5-4-6-10(12)13/h4-6,8,11,14H,3,7H2,1-2H3. The van der Waals surface area contributed by atoms with Crippen molar-refractivity contribution in [3.63, 3.8) is 0 Å². The van der Waals surface area contributed by atoms with Gasteiger partial charge in [-0.3, -0.25) is 0 Å². The van der Waals surface area contributed by atoms with Gasteiger partial charge in [0, 0.05) is 6.04 Å². The molecule has 0 saturated heterocycles. The van der Waals surface area contributed by atoms with E-state index < -0.39 is 9.84 Å². The Morgan fingerprint density at radius 3 is 2.82 bits per heavy atom. The Morgan fingerprint density at radius 2 is 2.18 bits per heavy atom. The number of hydrogen-bond donors (Lipinski definition) is 1. The third kappa shape index (κ3) is 2.09. The van der Waals surface area contributed by atoms with E-state index in [0.717, 1.165) is 12.1 Å². The van der Waals surface area contributed by atoms with Crippen LogP contribution in [0.4, 0.5) is 0 Å². The molecule has 0 bridgehead atoms. The second kappa shape index (κ2) is 4.59. The maximum Gasteiger partial charge on any atom is 0.182 e. The van der Waals surface area contributed by atoms with Crippen molar-refractivity contribution in [3.8, 4) is 0 Å². The molecule has 0 aromatic heterocycles. The monoisotopic (exact) mass is 273 g/mol. The first-order chi connectivity index (χ1) is 7.98. The summed E-state index contributed by atoms with van der Waals surface area (Å²) in [6, 6.07) is 5.36. The molecular formula is C12H16ClNO2S. The summed E-state index contributed by atoms with van der Waals surface area (Å²) in [6.45, 7) is 4.56. The van der Waals surface area contributed by atoms with Gasteiger partial charge in [0.05, 0.1) is 15.2 Å². The van der Waals surface area contributed by atoms with E-state index in [1.54, 1.807) is 19.1 Å². The lowest BCUT2D eigenvalue weighted by atomic mass is 10.0. The van der Waals surface area contributed by atoms with Gasteiger partial charge in [0.1, 0.15) is 0 Å². The summed E-state index contributed by atoms with van der Waals surface area (Å²) in [5.74, 6) is 0. The third-order valence-corrected chi connectivity index (χ3v) is 5.91. The minimum atomic E-state index is -3.27. The van der Waals surface area contributed by atoms with Crippen molar-refractivity contribution >= 4 is 21.4 Å². The van der Waals surface area contributed by atoms with Gasteiger partial charge < -0.3 is 5.32 Å². The largest absolute Gasteiger partial charge is 0.310 e. The Labute approximate surface area is 107 Å². The molecule has 0 saturated carbocycles. The fraction of sp³-hybridized carbons (Fsp3) is 0.500. The Bertz CT molecular complexity index is 527. The normalized spacial score (nSPS) is 26.5. The van der Waals surface area contributed by atoms with Crippen molar-refractivity contribution in [2.45, 2.75) is 36.5 Å². The second-order valence-electron chi connectivity index (χ2n) is 4.36. The lowest BCUT2D eigenvalue weighted by Crippen LogP contribution is -2.34. The maximum absolute atomic E-state index is 12.3. The van der Waals surface area contributed by atoms with Crippen LogP contribution in [0.25, 0.3) is 0 Å². The van der Waals surface area contributed by atoms with Crippen LogP contribution < -0.4 is 5.32 Å². The summed E-state index contributed by atoms with van der Waals surface area (Å²) in [6.07, 6.45) is 0.601. The van der Waals surface area contributed by atoms with Crippen LogP contribution in [0.3, 0.4) is 0 Å². The van der Waals surface area contributed by atoms with Crippen molar-refractivity contribution in [2.75, 3.05) is 6.54 Å². The third-order valence-electron chi connectivity index (χ3n) is 3.21. The molecule has 2 atom stereocenters. The fourth-order valence-corrected chi connectivity index (χ4v) is 4.56. The van der Waals surface area contributed by atoms with Crippen LogP contribution >= 0.6 is 11.6 Å². The van der Waals surface area contributed by atoms with Crippen LogP contribution in [0, 0.1) is 0 Å². The number of hydrogen-bond acceptors (Lipinski definition) is 3. The zero-order chi connectivity index (χ0) is 12.6. The van der Waals surface area contributed by atoms with Crippen molar-refractivity contribution < 1.29 is 8.42 Å². The van der Waals surface area contributed by atoms with Gasteiger partial charge in [0.15, 0.2) is 9.84 Å². The lowest BCUT2D eigenvalue weighted by Gasteiger charge is -2.30. The predicted molar refractivity (Wildman–Crippen MR) is 69.1 cm³/mol. The van der Waals surface area contributed by atoms with Gasteiger partial charge >= 0.3 is 0 Å². The lowest BCUT2D eigenvalue weighted by molar-refractivity contribution is 0.473. The highest BCUT2D eigenvalue weighted by molar-refractivity contribution is 7.92. The Kier molecular flexibility index (Phi) is 3.48. The summed E-state index contributed by atoms with van der Waals surface area (Å²) in [4.78, 5) is 0.311. The van der Waals surface area contributed by atoms with E-state index in [1.807, 2.05) is 13.0 Å². The van der Waals surface area contributed by atoms with Crippen LogP contribution in [-0.2, 0) is 9.84 Å². The molecule has 5 heteroatoms. The molecule has 1 N–H and O–H groups in total. The summed E-state index contributed by atoms with van der Waals surface area (Å²) in [7, 11) is -3.27. The zero-order valence-corrected chi connectivity index (χ0v) is 11.5. The van der Waals surface area contributed by atoms with Crippen molar-refractivity contribution in [3.05, 3.63) is 28.8 Å². The molecule has 1 heterocycles. The molecular weight excluding hydrogens is 258 g/mol. The van der Waals surface area contributed by atoms with Gasteiger partial charge in [-0.25, -0.2) is 8.42 Å². The molecule has 1 aromatic rings. The molecule has 2 rings (SSSR count). The number of fused-ring (bicyclic) bond motifs is 1. The van der Waals surface area contributed by atoms with Crippen LogP contribution in [-0.4, -0.2) is 20.2 Å². The van der Waals surface area contributed by atoms with E-state index >= 15 is 0 Å². The molecule has 17 heavy (non-hydrogen) atoms. The smallest absolute Gasteiger partial charge is 0.182 e. The van der Waals surface area contributed by atoms with Crippen LogP contribution in [0.15, 0.2) is 23.1 Å². The van der Waals surface area contributed by atoms with Crippen molar-refractivity contribution in [1.82, 2.24) is 5.32 Å². The van der Waals surface area contributed by atoms with Crippen LogP contribution in [0.2, 0.25) is 5.02 Å². The predicted octanol–water partition coefficient (Wildman–Crippen LogP) is 2.56. The highest BCUT2D eigenvalue weighted by atomic mass is 35.5. The number of sulfone groups is 1. The number of rotatable bonds is 2. The van der Waals surface area contributed by atoms with Crippen molar-refractivity contribution in [2.24, 2.45) is 0 Å². The molecule has 3 nitrogen and oxygen atoms in total.